The number of hydrazone groups is 1. The van der Waals surface area contributed by atoms with Gasteiger partial charge in [0.25, 0.3) is 5.91 Å². The Kier molecular flexibility index (Phi) is 6.43. The number of anilines is 1. The van der Waals surface area contributed by atoms with E-state index in [0.717, 1.165) is 28.5 Å². The number of carbonyl (C=O) groups is 1. The van der Waals surface area contributed by atoms with Crippen LogP contribution in [0.4, 0.5) is 5.69 Å². The number of nitrogens with zero attached hydrogens (tertiary/aromatic N) is 2. The molecule has 1 N–H and O–H groups in total. The zero-order valence-electron chi connectivity index (χ0n) is 17.0. The number of hydrogen-bond donors (Lipinski definition) is 1. The molecule has 148 valence electrons. The van der Waals surface area contributed by atoms with Crippen LogP contribution in [0.15, 0.2) is 47.6 Å². The minimum absolute atomic E-state index is 0.166. The first-order chi connectivity index (χ1) is 13.3. The maximum Gasteiger partial charge on any atom is 0.271 e. The van der Waals surface area contributed by atoms with Crippen molar-refractivity contribution >= 4 is 40.4 Å². The smallest absolute Gasteiger partial charge is 0.271 e. The van der Waals surface area contributed by atoms with Crippen molar-refractivity contribution in [1.82, 2.24) is 5.43 Å². The average Bonchev–Trinajstić information content (AvgIpc) is 2.65. The monoisotopic (exact) mass is 489 g/mol. The van der Waals surface area contributed by atoms with E-state index in [0.29, 0.717) is 11.5 Å². The topological polar surface area (TPSA) is 44.7 Å². The molecule has 0 bridgehead atoms. The number of nitrogens with one attached hydrogen (secondary N) is 1. The fourth-order valence-corrected chi connectivity index (χ4v) is 4.64. The first kappa shape index (κ1) is 20.8. The van der Waals surface area contributed by atoms with Crippen molar-refractivity contribution < 1.29 is 4.79 Å². The van der Waals surface area contributed by atoms with Crippen molar-refractivity contribution in [3.05, 3.63) is 62.7 Å². The molecule has 0 aliphatic carbocycles. The summed E-state index contributed by atoms with van der Waals surface area (Å²) in [5, 5.41) is 4.16. The molecular weight excluding hydrogens is 461 g/mol. The van der Waals surface area contributed by atoms with Crippen LogP contribution in [0.3, 0.4) is 0 Å². The first-order valence-electron chi connectivity index (χ1n) is 9.82. The van der Waals surface area contributed by atoms with Gasteiger partial charge in [0.15, 0.2) is 0 Å². The maximum atomic E-state index is 12.2. The van der Waals surface area contributed by atoms with Crippen LogP contribution in [-0.4, -0.2) is 24.2 Å². The summed E-state index contributed by atoms with van der Waals surface area (Å²) in [6.07, 6.45) is 3.98. The summed E-state index contributed by atoms with van der Waals surface area (Å²) in [6.45, 7) is 10.2. The van der Waals surface area contributed by atoms with Crippen LogP contribution < -0.4 is 10.3 Å². The van der Waals surface area contributed by atoms with Crippen molar-refractivity contribution in [2.45, 2.75) is 52.0 Å². The highest BCUT2D eigenvalue weighted by molar-refractivity contribution is 14.1. The Morgan fingerprint density at radius 1 is 1.32 bits per heavy atom. The molecule has 0 radical (unpaired) electrons. The van der Waals surface area contributed by atoms with Gasteiger partial charge in [-0.2, -0.15) is 5.10 Å². The maximum absolute atomic E-state index is 12.2. The van der Waals surface area contributed by atoms with Crippen LogP contribution in [-0.2, 0) is 0 Å². The summed E-state index contributed by atoms with van der Waals surface area (Å²) >= 11 is 2.19. The van der Waals surface area contributed by atoms with Gasteiger partial charge in [-0.15, -0.1) is 0 Å². The molecule has 3 rings (SSSR count). The summed E-state index contributed by atoms with van der Waals surface area (Å²) in [4.78, 5) is 14.8. The molecule has 1 aliphatic heterocycles. The lowest BCUT2D eigenvalue weighted by Gasteiger charge is -2.47. The van der Waals surface area contributed by atoms with Gasteiger partial charge in [-0.05, 0) is 96.7 Å². The van der Waals surface area contributed by atoms with Gasteiger partial charge in [-0.3, -0.25) is 4.79 Å². The van der Waals surface area contributed by atoms with Crippen molar-refractivity contribution in [3.8, 4) is 0 Å². The third kappa shape index (κ3) is 4.57. The second kappa shape index (κ2) is 8.64. The van der Waals surface area contributed by atoms with Crippen LogP contribution >= 0.6 is 22.6 Å². The highest BCUT2D eigenvalue weighted by Gasteiger charge is 2.35. The summed E-state index contributed by atoms with van der Waals surface area (Å²) in [7, 11) is 0. The van der Waals surface area contributed by atoms with Gasteiger partial charge >= 0.3 is 0 Å². The Labute approximate surface area is 181 Å². The Balaban J connectivity index is 1.77. The van der Waals surface area contributed by atoms with E-state index in [1.807, 2.05) is 18.2 Å². The van der Waals surface area contributed by atoms with Crippen molar-refractivity contribution in [1.29, 1.82) is 0 Å². The van der Waals surface area contributed by atoms with E-state index in [1.165, 1.54) is 11.3 Å². The summed E-state index contributed by atoms with van der Waals surface area (Å²) in [6, 6.07) is 13.9. The molecule has 1 atom stereocenters. The number of halogens is 1. The molecule has 0 saturated heterocycles. The Morgan fingerprint density at radius 3 is 2.82 bits per heavy atom. The van der Waals surface area contributed by atoms with Crippen LogP contribution in [0.25, 0.3) is 0 Å². The molecule has 5 heteroatoms. The normalized spacial score (nSPS) is 18.2. The third-order valence-electron chi connectivity index (χ3n) is 5.32. The van der Waals surface area contributed by atoms with Crippen LogP contribution in [0.2, 0.25) is 0 Å². The van der Waals surface area contributed by atoms with Gasteiger partial charge in [0, 0.05) is 26.9 Å². The number of rotatable bonds is 5. The third-order valence-corrected chi connectivity index (χ3v) is 5.99. The Morgan fingerprint density at radius 2 is 2.11 bits per heavy atom. The summed E-state index contributed by atoms with van der Waals surface area (Å²) < 4.78 is 1.03. The van der Waals surface area contributed by atoms with Crippen molar-refractivity contribution in [2.75, 3.05) is 11.4 Å². The lowest BCUT2D eigenvalue weighted by Crippen LogP contribution is -2.48. The Hall–Kier alpha value is -1.89. The molecule has 0 spiro atoms. The van der Waals surface area contributed by atoms with Gasteiger partial charge in [0.05, 0.1) is 6.21 Å². The number of hydrogen-bond acceptors (Lipinski definition) is 3. The molecule has 2 aromatic carbocycles. The average molecular weight is 489 g/mol. The van der Waals surface area contributed by atoms with Crippen LogP contribution in [0.1, 0.15) is 67.9 Å². The van der Waals surface area contributed by atoms with E-state index in [-0.39, 0.29) is 11.4 Å². The van der Waals surface area contributed by atoms with E-state index < -0.39 is 0 Å². The molecule has 2 aromatic rings. The number of fused-ring (bicyclic) bond motifs is 1. The van der Waals surface area contributed by atoms with E-state index in [1.54, 1.807) is 12.3 Å². The largest absolute Gasteiger partial charge is 0.366 e. The fourth-order valence-electron chi connectivity index (χ4n) is 4.10. The molecule has 28 heavy (non-hydrogen) atoms. The second-order valence-corrected chi connectivity index (χ2v) is 9.34. The van der Waals surface area contributed by atoms with Gasteiger partial charge in [-0.1, -0.05) is 26.0 Å². The second-order valence-electron chi connectivity index (χ2n) is 8.10. The molecule has 1 amide bonds. The van der Waals surface area contributed by atoms with Crippen molar-refractivity contribution in [3.63, 3.8) is 0 Å². The lowest BCUT2D eigenvalue weighted by molar-refractivity contribution is 0.0955. The van der Waals surface area contributed by atoms with Crippen LogP contribution in [0, 0.1) is 3.57 Å². The molecule has 4 nitrogen and oxygen atoms in total. The SMILES string of the molecule is CCCN1c2ccc(/C=N\NC(=O)c3cccc(I)c3)cc2C(C)CC1(C)C. The zero-order valence-corrected chi connectivity index (χ0v) is 19.2. The predicted molar refractivity (Wildman–Crippen MR) is 125 cm³/mol. The van der Waals surface area contributed by atoms with Crippen LogP contribution in [0.5, 0.6) is 0 Å². The van der Waals surface area contributed by atoms with Gasteiger partial charge in [-0.25, -0.2) is 5.43 Å². The highest BCUT2D eigenvalue weighted by atomic mass is 127. The predicted octanol–water partition coefficient (Wildman–Crippen LogP) is 5.56. The van der Waals surface area contributed by atoms with E-state index in [2.05, 4.69) is 83.9 Å². The standard InChI is InChI=1S/C23H28IN3O/c1-5-11-27-21-10-9-17(12-20(21)16(2)14-23(27,3)4)15-25-26-22(28)18-7-6-8-19(24)13-18/h6-10,12-13,15-16H,5,11,14H2,1-4H3,(H,26,28)/b25-15-. The quantitative estimate of drug-likeness (QED) is 0.340. The molecule has 0 fully saturated rings. The highest BCUT2D eigenvalue weighted by Crippen LogP contribution is 2.43. The molecule has 1 unspecified atom stereocenters. The van der Waals surface area contributed by atoms with E-state index in [9.17, 15) is 4.79 Å². The Bertz CT molecular complexity index is 891. The van der Waals surface area contributed by atoms with E-state index in [4.69, 9.17) is 0 Å². The number of amides is 1. The molecule has 0 saturated carbocycles. The lowest BCUT2D eigenvalue weighted by atomic mass is 9.79. The summed E-state index contributed by atoms with van der Waals surface area (Å²) in [5.74, 6) is 0.296. The number of carbonyl (C=O) groups excluding carboxylic acids is 1. The molecule has 1 aliphatic rings. The molecular formula is C23H28IN3O. The first-order valence-corrected chi connectivity index (χ1v) is 10.9. The minimum atomic E-state index is -0.197. The molecule has 1 heterocycles. The molecule has 0 aromatic heterocycles. The van der Waals surface area contributed by atoms with E-state index >= 15 is 0 Å². The van der Waals surface area contributed by atoms with Gasteiger partial charge in [0.2, 0.25) is 0 Å². The number of benzene rings is 2. The van der Waals surface area contributed by atoms with Gasteiger partial charge in [0.1, 0.15) is 0 Å². The fraction of sp³-hybridized carbons (Fsp3) is 0.391. The van der Waals surface area contributed by atoms with Gasteiger partial charge < -0.3 is 4.90 Å². The van der Waals surface area contributed by atoms with Crippen molar-refractivity contribution in [2.24, 2.45) is 5.10 Å². The summed E-state index contributed by atoms with van der Waals surface area (Å²) in [5.41, 5.74) is 7.09. The zero-order chi connectivity index (χ0) is 20.3. The minimum Gasteiger partial charge on any atom is -0.366 e.